The Morgan fingerprint density at radius 3 is 1.46 bits per heavy atom. The van der Waals surface area contributed by atoms with Gasteiger partial charge in [-0.15, -0.1) is 0 Å². The predicted octanol–water partition coefficient (Wildman–Crippen LogP) is 13.1. The molecule has 0 saturated heterocycles. The molecule has 0 radical (unpaired) electrons. The van der Waals surface area contributed by atoms with Crippen molar-refractivity contribution in [3.05, 3.63) is 200 Å². The summed E-state index contributed by atoms with van der Waals surface area (Å²) in [5, 5.41) is 3.72. The maximum atomic E-state index is 4.93. The number of benzene rings is 8. The molecule has 0 bridgehead atoms. The minimum atomic E-state index is 0.642. The van der Waals surface area contributed by atoms with Gasteiger partial charge in [0.1, 0.15) is 5.82 Å². The van der Waals surface area contributed by atoms with Crippen molar-refractivity contribution in [2.45, 2.75) is 0 Å². The van der Waals surface area contributed by atoms with E-state index in [0.29, 0.717) is 17.5 Å². The first kappa shape index (κ1) is 31.9. The van der Waals surface area contributed by atoms with Gasteiger partial charge >= 0.3 is 0 Å². The highest BCUT2D eigenvalue weighted by molar-refractivity contribution is 6.11. The quantitative estimate of drug-likeness (QED) is 0.178. The van der Waals surface area contributed by atoms with Crippen molar-refractivity contribution in [2.24, 2.45) is 0 Å². The fourth-order valence-electron chi connectivity index (χ4n) is 8.11. The molecule has 0 amide bonds. The zero-order chi connectivity index (χ0) is 37.0. The van der Waals surface area contributed by atoms with Crippen LogP contribution in [0.3, 0.4) is 0 Å². The van der Waals surface area contributed by atoms with E-state index in [2.05, 4.69) is 149 Å². The summed E-state index contributed by atoms with van der Waals surface area (Å²) in [5.74, 6) is 3.05. The Labute approximate surface area is 324 Å². The van der Waals surface area contributed by atoms with Gasteiger partial charge in [-0.2, -0.15) is 0 Å². The molecule has 1 aliphatic rings. The van der Waals surface area contributed by atoms with Crippen LogP contribution in [0.2, 0.25) is 0 Å². The van der Waals surface area contributed by atoms with Crippen LogP contribution < -0.4 is 4.90 Å². The summed E-state index contributed by atoms with van der Waals surface area (Å²) >= 11 is 0. The molecule has 56 heavy (non-hydrogen) atoms. The van der Waals surface area contributed by atoms with Crippen LogP contribution in [-0.4, -0.2) is 19.5 Å². The van der Waals surface area contributed by atoms with Gasteiger partial charge in [0.2, 0.25) is 0 Å². The first-order valence-corrected chi connectivity index (χ1v) is 18.9. The van der Waals surface area contributed by atoms with Crippen LogP contribution >= 0.6 is 0 Å². The van der Waals surface area contributed by atoms with E-state index in [-0.39, 0.29) is 0 Å². The van der Waals surface area contributed by atoms with Crippen molar-refractivity contribution in [3.63, 3.8) is 0 Å². The second-order valence-electron chi connectivity index (χ2n) is 14.1. The van der Waals surface area contributed by atoms with Crippen molar-refractivity contribution in [1.29, 1.82) is 0 Å². The van der Waals surface area contributed by atoms with Gasteiger partial charge in [-0.25, -0.2) is 15.0 Å². The third-order valence-corrected chi connectivity index (χ3v) is 10.8. The molecule has 3 heterocycles. The molecule has 0 fully saturated rings. The Bertz CT molecular complexity index is 3000. The smallest absolute Gasteiger partial charge is 0.164 e. The van der Waals surface area contributed by atoms with Gasteiger partial charge in [0.25, 0.3) is 0 Å². The molecular formula is C51H33N5. The molecule has 0 saturated carbocycles. The molecule has 8 aromatic carbocycles. The summed E-state index contributed by atoms with van der Waals surface area (Å²) in [5.41, 5.74) is 12.1. The van der Waals surface area contributed by atoms with E-state index in [1.54, 1.807) is 0 Å². The second-order valence-corrected chi connectivity index (χ2v) is 14.1. The molecule has 262 valence electrons. The number of hydrogen-bond acceptors (Lipinski definition) is 4. The van der Waals surface area contributed by atoms with Gasteiger partial charge in [-0.3, -0.25) is 9.47 Å². The minimum Gasteiger partial charge on any atom is -0.295 e. The lowest BCUT2D eigenvalue weighted by atomic mass is 10.00. The number of para-hydroxylation sites is 2. The number of hydrogen-bond donors (Lipinski definition) is 0. The Morgan fingerprint density at radius 1 is 0.339 bits per heavy atom. The lowest BCUT2D eigenvalue weighted by Crippen LogP contribution is -2.12. The van der Waals surface area contributed by atoms with Crippen molar-refractivity contribution < 1.29 is 0 Å². The second kappa shape index (κ2) is 13.0. The molecule has 0 atom stereocenters. The van der Waals surface area contributed by atoms with Gasteiger partial charge in [-0.05, 0) is 58.3 Å². The van der Waals surface area contributed by atoms with Crippen LogP contribution in [0.15, 0.2) is 200 Å². The van der Waals surface area contributed by atoms with Crippen LogP contribution in [0.4, 0.5) is 17.2 Å². The largest absolute Gasteiger partial charge is 0.295 e. The van der Waals surface area contributed by atoms with Crippen LogP contribution in [0.5, 0.6) is 0 Å². The molecule has 5 heteroatoms. The van der Waals surface area contributed by atoms with Crippen LogP contribution in [-0.2, 0) is 0 Å². The Hall–Kier alpha value is -7.63. The van der Waals surface area contributed by atoms with Gasteiger partial charge in [0.05, 0.1) is 16.9 Å². The standard InChI is InChI=1S/C51H33N5/c1-3-14-37(15-4-1)49-52-50(38-16-5-2-6-17-38)54-51(53-49)39-25-23-34(24-26-39)35-27-30-40(31-28-35)55-45-21-11-9-19-42(45)43-20-10-12-22-46(43)56-47-32-29-36-13-7-8-18-41(36)44(47)33-48(55)56/h1-33H. The highest BCUT2D eigenvalue weighted by atomic mass is 15.3. The minimum absolute atomic E-state index is 0.642. The first-order chi connectivity index (χ1) is 27.8. The third-order valence-electron chi connectivity index (χ3n) is 10.8. The van der Waals surface area contributed by atoms with E-state index >= 15 is 0 Å². The van der Waals surface area contributed by atoms with E-state index in [4.69, 9.17) is 15.0 Å². The predicted molar refractivity (Wildman–Crippen MR) is 230 cm³/mol. The van der Waals surface area contributed by atoms with E-state index in [9.17, 15) is 0 Å². The molecule has 10 aromatic rings. The molecule has 1 aliphatic heterocycles. The van der Waals surface area contributed by atoms with Gasteiger partial charge < -0.3 is 0 Å². The summed E-state index contributed by atoms with van der Waals surface area (Å²) < 4.78 is 2.43. The fourth-order valence-corrected chi connectivity index (χ4v) is 8.11. The first-order valence-electron chi connectivity index (χ1n) is 18.9. The van der Waals surface area contributed by atoms with Crippen LogP contribution in [0.25, 0.3) is 83.8 Å². The molecule has 0 spiro atoms. The monoisotopic (exact) mass is 715 g/mol. The zero-order valence-corrected chi connectivity index (χ0v) is 30.3. The molecule has 5 nitrogen and oxygen atoms in total. The lowest BCUT2D eigenvalue weighted by Gasteiger charge is -2.26. The molecule has 2 aromatic heterocycles. The summed E-state index contributed by atoms with van der Waals surface area (Å²) in [6.07, 6.45) is 0. The summed E-state index contributed by atoms with van der Waals surface area (Å²) in [6, 6.07) is 70.6. The van der Waals surface area contributed by atoms with E-state index in [0.717, 1.165) is 45.0 Å². The highest BCUT2D eigenvalue weighted by Crippen LogP contribution is 2.49. The summed E-state index contributed by atoms with van der Waals surface area (Å²) in [7, 11) is 0. The van der Waals surface area contributed by atoms with Gasteiger partial charge in [-0.1, -0.05) is 164 Å². The van der Waals surface area contributed by atoms with Crippen LogP contribution in [0.1, 0.15) is 0 Å². The number of fused-ring (bicyclic) bond motifs is 9. The third kappa shape index (κ3) is 5.29. The Morgan fingerprint density at radius 2 is 0.821 bits per heavy atom. The number of anilines is 3. The maximum absolute atomic E-state index is 4.93. The van der Waals surface area contributed by atoms with Crippen molar-refractivity contribution in [3.8, 4) is 62.1 Å². The van der Waals surface area contributed by atoms with Gasteiger partial charge in [0, 0.05) is 38.9 Å². The zero-order valence-electron chi connectivity index (χ0n) is 30.3. The topological polar surface area (TPSA) is 46.8 Å². The van der Waals surface area contributed by atoms with Crippen molar-refractivity contribution in [1.82, 2.24) is 19.5 Å². The average Bonchev–Trinajstić information content (AvgIpc) is 3.61. The number of aromatic nitrogens is 4. The molecule has 0 N–H and O–H groups in total. The normalized spacial score (nSPS) is 11.9. The maximum Gasteiger partial charge on any atom is 0.164 e. The average molecular weight is 716 g/mol. The van der Waals surface area contributed by atoms with Crippen molar-refractivity contribution in [2.75, 3.05) is 4.90 Å². The lowest BCUT2D eigenvalue weighted by molar-refractivity contribution is 1.07. The molecule has 0 aliphatic carbocycles. The number of nitrogens with zero attached hydrogens (tertiary/aromatic N) is 5. The van der Waals surface area contributed by atoms with E-state index in [1.165, 1.54) is 38.5 Å². The summed E-state index contributed by atoms with van der Waals surface area (Å²) in [6.45, 7) is 0. The van der Waals surface area contributed by atoms with Crippen LogP contribution in [0, 0.1) is 0 Å². The van der Waals surface area contributed by atoms with E-state index in [1.807, 2.05) is 60.7 Å². The fraction of sp³-hybridized carbons (Fsp3) is 0. The SMILES string of the molecule is c1ccc(-c2nc(-c3ccccc3)nc(-c3ccc(-c4ccc(N5c6ccccc6-c6ccccc6-n6c5cc5c7ccccc7ccc56)cc4)cc3)n2)cc1. The molecular weight excluding hydrogens is 683 g/mol. The highest BCUT2D eigenvalue weighted by Gasteiger charge is 2.28. The Kier molecular flexibility index (Phi) is 7.42. The summed E-state index contributed by atoms with van der Waals surface area (Å²) in [4.78, 5) is 17.1. The Balaban J connectivity index is 0.995. The van der Waals surface area contributed by atoms with Crippen molar-refractivity contribution >= 4 is 38.9 Å². The molecule has 11 rings (SSSR count). The van der Waals surface area contributed by atoms with E-state index < -0.39 is 0 Å². The molecule has 0 unspecified atom stereocenters. The number of rotatable bonds is 5. The van der Waals surface area contributed by atoms with Gasteiger partial charge in [0.15, 0.2) is 17.5 Å².